The molecule has 0 radical (unpaired) electrons. The highest BCUT2D eigenvalue weighted by atomic mass is 32.2. The minimum Gasteiger partial charge on any atom is -0.478 e. The van der Waals surface area contributed by atoms with Gasteiger partial charge in [-0.15, -0.1) is 11.8 Å². The van der Waals surface area contributed by atoms with E-state index < -0.39 is 5.97 Å². The first kappa shape index (κ1) is 17.5. The van der Waals surface area contributed by atoms with E-state index in [4.69, 9.17) is 4.98 Å². The van der Waals surface area contributed by atoms with Crippen molar-refractivity contribution < 1.29 is 9.90 Å². The standard InChI is InChI=1S/C21H21NO2S/c1-3-4-5-14-6-11-19-17(12-14)18(21(23)24)13-20(22-19)15-7-9-16(25-2)10-8-15/h6-13H,3-5H2,1-2H3,(H,23,24). The number of fused-ring (bicyclic) bond motifs is 1. The number of rotatable bonds is 6. The Hall–Kier alpha value is -2.33. The van der Waals surface area contributed by atoms with E-state index >= 15 is 0 Å². The van der Waals surface area contributed by atoms with Gasteiger partial charge in [0.25, 0.3) is 0 Å². The van der Waals surface area contributed by atoms with Crippen LogP contribution < -0.4 is 0 Å². The third-order valence-electron chi connectivity index (χ3n) is 4.31. The summed E-state index contributed by atoms with van der Waals surface area (Å²) in [5.41, 5.74) is 3.82. The van der Waals surface area contributed by atoms with Crippen molar-refractivity contribution >= 4 is 28.6 Å². The molecule has 4 heteroatoms. The van der Waals surface area contributed by atoms with Gasteiger partial charge in [0.15, 0.2) is 0 Å². The normalized spacial score (nSPS) is 11.0. The molecule has 3 nitrogen and oxygen atoms in total. The van der Waals surface area contributed by atoms with Crippen molar-refractivity contribution in [2.45, 2.75) is 31.1 Å². The molecule has 128 valence electrons. The van der Waals surface area contributed by atoms with Crippen molar-refractivity contribution in [3.8, 4) is 11.3 Å². The number of pyridine rings is 1. The molecule has 0 unspecified atom stereocenters. The van der Waals surface area contributed by atoms with E-state index in [9.17, 15) is 9.90 Å². The highest BCUT2D eigenvalue weighted by Gasteiger charge is 2.13. The van der Waals surface area contributed by atoms with Crippen LogP contribution in [-0.2, 0) is 6.42 Å². The highest BCUT2D eigenvalue weighted by molar-refractivity contribution is 7.98. The van der Waals surface area contributed by atoms with Crippen molar-refractivity contribution in [2.24, 2.45) is 0 Å². The van der Waals surface area contributed by atoms with E-state index in [1.54, 1.807) is 17.8 Å². The molecule has 3 rings (SSSR count). The highest BCUT2D eigenvalue weighted by Crippen LogP contribution is 2.27. The van der Waals surface area contributed by atoms with Crippen LogP contribution in [0.2, 0.25) is 0 Å². The largest absolute Gasteiger partial charge is 0.478 e. The average molecular weight is 351 g/mol. The molecule has 3 aromatic rings. The molecular weight excluding hydrogens is 330 g/mol. The summed E-state index contributed by atoms with van der Waals surface area (Å²) in [5.74, 6) is -0.915. The van der Waals surface area contributed by atoms with Gasteiger partial charge in [0.05, 0.1) is 16.8 Å². The summed E-state index contributed by atoms with van der Waals surface area (Å²) in [6, 6.07) is 15.7. The lowest BCUT2D eigenvalue weighted by atomic mass is 10.0. The zero-order chi connectivity index (χ0) is 17.8. The molecule has 0 aliphatic carbocycles. The van der Waals surface area contributed by atoms with Gasteiger partial charge >= 0.3 is 5.97 Å². The second-order valence-corrected chi connectivity index (χ2v) is 6.92. The van der Waals surface area contributed by atoms with E-state index in [0.717, 1.165) is 35.9 Å². The van der Waals surface area contributed by atoms with Crippen LogP contribution in [0.25, 0.3) is 22.2 Å². The first-order valence-electron chi connectivity index (χ1n) is 8.43. The zero-order valence-corrected chi connectivity index (χ0v) is 15.3. The fourth-order valence-electron chi connectivity index (χ4n) is 2.90. The molecule has 0 saturated carbocycles. The number of thioether (sulfide) groups is 1. The Balaban J connectivity index is 2.10. The predicted octanol–water partition coefficient (Wildman–Crippen LogP) is 5.66. The molecule has 1 aromatic heterocycles. The maximum atomic E-state index is 11.8. The first-order valence-corrected chi connectivity index (χ1v) is 9.66. The number of unbranched alkanes of at least 4 members (excludes halogenated alkanes) is 1. The summed E-state index contributed by atoms with van der Waals surface area (Å²) in [7, 11) is 0. The lowest BCUT2D eigenvalue weighted by molar-refractivity contribution is 0.0699. The number of hydrogen-bond acceptors (Lipinski definition) is 3. The van der Waals surface area contributed by atoms with E-state index in [2.05, 4.69) is 13.0 Å². The number of carboxylic acid groups (broad SMARTS) is 1. The molecule has 1 heterocycles. The predicted molar refractivity (Wildman–Crippen MR) is 105 cm³/mol. The number of hydrogen-bond donors (Lipinski definition) is 1. The lowest BCUT2D eigenvalue weighted by Crippen LogP contribution is -2.01. The van der Waals surface area contributed by atoms with Gasteiger partial charge in [-0.25, -0.2) is 9.78 Å². The number of carboxylic acids is 1. The Labute approximate surface area is 152 Å². The second-order valence-electron chi connectivity index (χ2n) is 6.04. The fraction of sp³-hybridized carbons (Fsp3) is 0.238. The molecule has 0 amide bonds. The minimum absolute atomic E-state index is 0.312. The molecular formula is C21H21NO2S. The Bertz CT molecular complexity index is 904. The summed E-state index contributed by atoms with van der Waals surface area (Å²) in [6.45, 7) is 2.15. The monoisotopic (exact) mass is 351 g/mol. The summed E-state index contributed by atoms with van der Waals surface area (Å²) in [5, 5.41) is 10.4. The van der Waals surface area contributed by atoms with Crippen molar-refractivity contribution in [1.82, 2.24) is 4.98 Å². The minimum atomic E-state index is -0.915. The third kappa shape index (κ3) is 3.85. The third-order valence-corrected chi connectivity index (χ3v) is 5.05. The van der Waals surface area contributed by atoms with Crippen LogP contribution in [0.15, 0.2) is 53.4 Å². The van der Waals surface area contributed by atoms with Crippen LogP contribution in [0.5, 0.6) is 0 Å². The SMILES string of the molecule is CCCCc1ccc2nc(-c3ccc(SC)cc3)cc(C(=O)O)c2c1. The van der Waals surface area contributed by atoms with Crippen LogP contribution in [0.3, 0.4) is 0 Å². The quantitative estimate of drug-likeness (QED) is 0.582. The molecule has 0 bridgehead atoms. The van der Waals surface area contributed by atoms with Crippen LogP contribution >= 0.6 is 11.8 Å². The van der Waals surface area contributed by atoms with Crippen LogP contribution in [0.1, 0.15) is 35.7 Å². The molecule has 25 heavy (non-hydrogen) atoms. The molecule has 0 aliphatic heterocycles. The van der Waals surface area contributed by atoms with Gasteiger partial charge in [-0.05, 0) is 55.0 Å². The Morgan fingerprint density at radius 3 is 2.52 bits per heavy atom. The van der Waals surface area contributed by atoms with E-state index in [1.807, 2.05) is 42.7 Å². The van der Waals surface area contributed by atoms with Gasteiger partial charge in [0.2, 0.25) is 0 Å². The number of benzene rings is 2. The number of nitrogens with zero attached hydrogens (tertiary/aromatic N) is 1. The first-order chi connectivity index (χ1) is 12.1. The van der Waals surface area contributed by atoms with Crippen molar-refractivity contribution in [1.29, 1.82) is 0 Å². The molecule has 0 saturated heterocycles. The molecule has 2 aromatic carbocycles. The number of aryl methyl sites for hydroxylation is 1. The van der Waals surface area contributed by atoms with Crippen molar-refractivity contribution in [3.63, 3.8) is 0 Å². The second kappa shape index (κ2) is 7.70. The van der Waals surface area contributed by atoms with E-state index in [1.165, 1.54) is 4.90 Å². The smallest absolute Gasteiger partial charge is 0.336 e. The molecule has 0 atom stereocenters. The Morgan fingerprint density at radius 1 is 1.12 bits per heavy atom. The van der Waals surface area contributed by atoms with Crippen molar-refractivity contribution in [2.75, 3.05) is 6.26 Å². The maximum absolute atomic E-state index is 11.8. The Kier molecular flexibility index (Phi) is 5.39. The van der Waals surface area contributed by atoms with Gasteiger partial charge in [-0.2, -0.15) is 0 Å². The molecule has 1 N–H and O–H groups in total. The van der Waals surface area contributed by atoms with Gasteiger partial charge < -0.3 is 5.11 Å². The number of aromatic carboxylic acids is 1. The van der Waals surface area contributed by atoms with E-state index in [-0.39, 0.29) is 0 Å². The van der Waals surface area contributed by atoms with Gasteiger partial charge in [0.1, 0.15) is 0 Å². The average Bonchev–Trinajstić information content (AvgIpc) is 2.65. The number of carbonyl (C=O) groups is 1. The maximum Gasteiger partial charge on any atom is 0.336 e. The summed E-state index contributed by atoms with van der Waals surface area (Å²) in [4.78, 5) is 17.7. The van der Waals surface area contributed by atoms with Crippen LogP contribution in [-0.4, -0.2) is 22.3 Å². The van der Waals surface area contributed by atoms with Crippen molar-refractivity contribution in [3.05, 3.63) is 59.7 Å². The summed E-state index contributed by atoms with van der Waals surface area (Å²) in [6.07, 6.45) is 5.21. The van der Waals surface area contributed by atoms with Crippen LogP contribution in [0.4, 0.5) is 0 Å². The fourth-order valence-corrected chi connectivity index (χ4v) is 3.30. The van der Waals surface area contributed by atoms with Gasteiger partial charge in [-0.3, -0.25) is 0 Å². The topological polar surface area (TPSA) is 50.2 Å². The van der Waals surface area contributed by atoms with E-state index in [0.29, 0.717) is 16.6 Å². The molecule has 0 fully saturated rings. The summed E-state index contributed by atoms with van der Waals surface area (Å²) < 4.78 is 0. The zero-order valence-electron chi connectivity index (χ0n) is 14.5. The summed E-state index contributed by atoms with van der Waals surface area (Å²) >= 11 is 1.68. The number of aromatic nitrogens is 1. The lowest BCUT2D eigenvalue weighted by Gasteiger charge is -2.09. The molecule has 0 spiro atoms. The van der Waals surface area contributed by atoms with Gasteiger partial charge in [-0.1, -0.05) is 31.5 Å². The van der Waals surface area contributed by atoms with Gasteiger partial charge in [0, 0.05) is 15.8 Å². The Morgan fingerprint density at radius 2 is 1.88 bits per heavy atom. The molecule has 0 aliphatic rings. The van der Waals surface area contributed by atoms with Crippen LogP contribution in [0, 0.1) is 0 Å².